The zero-order valence-electron chi connectivity index (χ0n) is 31.0. The predicted molar refractivity (Wildman–Crippen MR) is 196 cm³/mol. The summed E-state index contributed by atoms with van der Waals surface area (Å²) < 4.78 is 44.8. The first-order valence-corrected chi connectivity index (χ1v) is 16.9. The third kappa shape index (κ3) is 10.5. The van der Waals surface area contributed by atoms with Gasteiger partial charge in [0, 0.05) is 18.1 Å². The van der Waals surface area contributed by atoms with Crippen molar-refractivity contribution in [3.63, 3.8) is 0 Å². The number of ether oxygens (including phenoxy) is 8. The van der Waals surface area contributed by atoms with E-state index >= 15 is 0 Å². The van der Waals surface area contributed by atoms with E-state index in [-0.39, 0.29) is 59.2 Å². The van der Waals surface area contributed by atoms with Crippen molar-refractivity contribution in [1.29, 1.82) is 0 Å². The van der Waals surface area contributed by atoms with Gasteiger partial charge < -0.3 is 58.3 Å². The van der Waals surface area contributed by atoms with Crippen LogP contribution in [0.1, 0.15) is 44.7 Å². The molecule has 14 heteroatoms. The van der Waals surface area contributed by atoms with Crippen molar-refractivity contribution in [2.75, 3.05) is 55.9 Å². The number of esters is 2. The topological polar surface area (TPSA) is 189 Å². The molecular weight excluding hydrogens is 704 g/mol. The molecule has 2 atom stereocenters. The summed E-state index contributed by atoms with van der Waals surface area (Å²) in [6.07, 6.45) is 1.62. The van der Waals surface area contributed by atoms with E-state index in [1.807, 2.05) is 24.3 Å². The van der Waals surface area contributed by atoms with E-state index in [0.717, 1.165) is 23.3 Å². The maximum Gasteiger partial charge on any atom is 0.338 e. The van der Waals surface area contributed by atoms with Crippen molar-refractivity contribution in [3.8, 4) is 57.5 Å². The third-order valence-corrected chi connectivity index (χ3v) is 8.77. The number of methoxy groups -OCH3 is 6. The van der Waals surface area contributed by atoms with E-state index in [1.165, 1.54) is 66.9 Å². The molecule has 0 radical (unpaired) electrons. The number of aromatic hydroxyl groups is 4. The molecule has 4 aromatic carbocycles. The van der Waals surface area contributed by atoms with Gasteiger partial charge in [-0.2, -0.15) is 0 Å². The summed E-state index contributed by atoms with van der Waals surface area (Å²) >= 11 is 0. The fourth-order valence-corrected chi connectivity index (χ4v) is 6.26. The lowest BCUT2D eigenvalue weighted by atomic mass is 9.80. The number of hydrogen-bond acceptors (Lipinski definition) is 14. The molecule has 0 bridgehead atoms. The Balaban J connectivity index is 1.71. The molecule has 0 fully saturated rings. The summed E-state index contributed by atoms with van der Waals surface area (Å²) in [4.78, 5) is 26.1. The molecule has 0 unspecified atom stereocenters. The Morgan fingerprint density at radius 2 is 0.870 bits per heavy atom. The van der Waals surface area contributed by atoms with Crippen molar-refractivity contribution >= 4 is 11.9 Å². The number of benzene rings is 4. The molecule has 0 aliphatic carbocycles. The molecule has 4 rings (SSSR count). The molecule has 54 heavy (non-hydrogen) atoms. The van der Waals surface area contributed by atoms with Gasteiger partial charge in [0.15, 0.2) is 23.0 Å². The first-order valence-electron chi connectivity index (χ1n) is 16.9. The maximum absolute atomic E-state index is 13.3. The van der Waals surface area contributed by atoms with E-state index in [4.69, 9.17) is 37.9 Å². The Morgan fingerprint density at radius 3 is 1.24 bits per heavy atom. The van der Waals surface area contributed by atoms with Gasteiger partial charge in [-0.3, -0.25) is 0 Å². The number of carbonyl (C=O) groups is 2. The molecular formula is C40H46O14. The molecule has 0 spiro atoms. The molecule has 14 nitrogen and oxygen atoms in total. The fraction of sp³-hybridized carbons (Fsp3) is 0.350. The van der Waals surface area contributed by atoms with Crippen molar-refractivity contribution < 1.29 is 67.9 Å². The standard InChI is InChI=1S/C40H46O14/c1-47-33-12-23(13-34(48-2)37(33)51-5)10-25(8-7-9-53-39(45)26-16-29(41)20-30(42)17-26)28(22-54-40(46)27-18-31(43)21-32(44)19-27)11-24-14-35(49-3)38(52-6)36(15-24)50-4/h12-21,25,28,41-44H,7-11,22H2,1-6H3/t25-,28+/m1/s1. The molecule has 290 valence electrons. The highest BCUT2D eigenvalue weighted by Crippen LogP contribution is 2.42. The summed E-state index contributed by atoms with van der Waals surface area (Å²) in [6.45, 7) is -0.0936. The second kappa shape index (κ2) is 19.1. The molecule has 0 amide bonds. The van der Waals surface area contributed by atoms with Gasteiger partial charge in [-0.15, -0.1) is 0 Å². The first kappa shape index (κ1) is 40.6. The van der Waals surface area contributed by atoms with Gasteiger partial charge in [0.1, 0.15) is 23.0 Å². The Morgan fingerprint density at radius 1 is 0.500 bits per heavy atom. The fourth-order valence-electron chi connectivity index (χ4n) is 6.26. The second-order valence-corrected chi connectivity index (χ2v) is 12.3. The zero-order valence-corrected chi connectivity index (χ0v) is 31.0. The van der Waals surface area contributed by atoms with Crippen LogP contribution in [-0.2, 0) is 22.3 Å². The van der Waals surface area contributed by atoms with Gasteiger partial charge >= 0.3 is 11.9 Å². The molecule has 0 aromatic heterocycles. The van der Waals surface area contributed by atoms with Crippen LogP contribution in [0.3, 0.4) is 0 Å². The van der Waals surface area contributed by atoms with Crippen LogP contribution in [0.4, 0.5) is 0 Å². The summed E-state index contributed by atoms with van der Waals surface area (Å²) in [5, 5.41) is 39.6. The van der Waals surface area contributed by atoms with Crippen LogP contribution >= 0.6 is 0 Å². The Hall–Kier alpha value is -6.18. The van der Waals surface area contributed by atoms with Crippen LogP contribution in [0.5, 0.6) is 57.5 Å². The number of carbonyl (C=O) groups excluding carboxylic acids is 2. The highest BCUT2D eigenvalue weighted by molar-refractivity contribution is 5.91. The lowest BCUT2D eigenvalue weighted by Crippen LogP contribution is -2.27. The van der Waals surface area contributed by atoms with Crippen molar-refractivity contribution in [3.05, 3.63) is 82.9 Å². The van der Waals surface area contributed by atoms with Crippen LogP contribution in [0.15, 0.2) is 60.7 Å². The molecule has 4 aromatic rings. The van der Waals surface area contributed by atoms with Crippen LogP contribution in [-0.4, -0.2) is 88.2 Å². The summed E-state index contributed by atoms with van der Waals surface area (Å²) in [5.74, 6) is -0.683. The normalized spacial score (nSPS) is 11.9. The number of hydrogen-bond donors (Lipinski definition) is 4. The molecule has 0 aliphatic rings. The number of phenolic OH excluding ortho intramolecular Hbond substituents is 4. The summed E-state index contributed by atoms with van der Waals surface area (Å²) in [5.41, 5.74) is 1.56. The lowest BCUT2D eigenvalue weighted by Gasteiger charge is -2.28. The minimum Gasteiger partial charge on any atom is -0.508 e. The van der Waals surface area contributed by atoms with Crippen LogP contribution in [0.25, 0.3) is 0 Å². The van der Waals surface area contributed by atoms with Crippen LogP contribution in [0.2, 0.25) is 0 Å². The van der Waals surface area contributed by atoms with Crippen LogP contribution in [0, 0.1) is 11.8 Å². The van der Waals surface area contributed by atoms with E-state index in [2.05, 4.69) is 0 Å². The summed E-state index contributed by atoms with van der Waals surface area (Å²) in [7, 11) is 9.08. The Kier molecular flexibility index (Phi) is 14.3. The quantitative estimate of drug-likeness (QED) is 0.0638. The minimum absolute atomic E-state index is 0.000262. The minimum atomic E-state index is -0.758. The van der Waals surface area contributed by atoms with Crippen LogP contribution < -0.4 is 28.4 Å². The third-order valence-electron chi connectivity index (χ3n) is 8.77. The predicted octanol–water partition coefficient (Wildman–Crippen LogP) is 6.07. The van der Waals surface area contributed by atoms with Crippen molar-refractivity contribution in [1.82, 2.24) is 0 Å². The van der Waals surface area contributed by atoms with Crippen molar-refractivity contribution in [2.45, 2.75) is 25.7 Å². The van der Waals surface area contributed by atoms with E-state index in [1.54, 1.807) is 0 Å². The van der Waals surface area contributed by atoms with Gasteiger partial charge in [0.2, 0.25) is 11.5 Å². The van der Waals surface area contributed by atoms with Gasteiger partial charge in [-0.25, -0.2) is 9.59 Å². The van der Waals surface area contributed by atoms with E-state index in [9.17, 15) is 30.0 Å². The van der Waals surface area contributed by atoms with E-state index in [0.29, 0.717) is 60.2 Å². The SMILES string of the molecule is COc1cc(C[C@@H](CCCOC(=O)c2cc(O)cc(O)c2)[C@H](COC(=O)c2cc(O)cc(O)c2)Cc2cc(OC)c(OC)c(OC)c2)cc(OC)c1OC. The second-order valence-electron chi connectivity index (χ2n) is 12.3. The van der Waals surface area contributed by atoms with Gasteiger partial charge in [0.05, 0.1) is 67.0 Å². The molecule has 0 heterocycles. The molecule has 0 saturated carbocycles. The van der Waals surface area contributed by atoms with Gasteiger partial charge in [-0.1, -0.05) is 0 Å². The Bertz CT molecular complexity index is 1820. The lowest BCUT2D eigenvalue weighted by molar-refractivity contribution is 0.0361. The van der Waals surface area contributed by atoms with Gasteiger partial charge in [0.25, 0.3) is 0 Å². The first-order chi connectivity index (χ1) is 25.9. The summed E-state index contributed by atoms with van der Waals surface area (Å²) in [6, 6.07) is 14.3. The molecule has 0 aliphatic heterocycles. The zero-order chi connectivity index (χ0) is 39.4. The average molecular weight is 751 g/mol. The highest BCUT2D eigenvalue weighted by atomic mass is 16.5. The highest BCUT2D eigenvalue weighted by Gasteiger charge is 2.28. The maximum atomic E-state index is 13.3. The number of rotatable bonds is 19. The smallest absolute Gasteiger partial charge is 0.338 e. The van der Waals surface area contributed by atoms with Crippen molar-refractivity contribution in [2.24, 2.45) is 11.8 Å². The monoisotopic (exact) mass is 750 g/mol. The largest absolute Gasteiger partial charge is 0.508 e. The molecule has 4 N–H and O–H groups in total. The molecule has 0 saturated heterocycles. The number of phenols is 4. The Labute approximate surface area is 313 Å². The van der Waals surface area contributed by atoms with E-state index < -0.39 is 11.9 Å². The van der Waals surface area contributed by atoms with Gasteiger partial charge in [-0.05, 0) is 91.3 Å². The average Bonchev–Trinajstić information content (AvgIpc) is 3.15.